The molecule has 1 atom stereocenters. The molecule has 0 aliphatic rings. The predicted octanol–water partition coefficient (Wildman–Crippen LogP) is -0.491. The number of carbonyl (C=O) groups excluding carboxylic acids is 1. The summed E-state index contributed by atoms with van der Waals surface area (Å²) in [5.41, 5.74) is 5.64. The molecular weight excluding hydrogens is 224 g/mol. The van der Waals surface area contributed by atoms with E-state index in [0.717, 1.165) is 0 Å². The Morgan fingerprint density at radius 3 is 2.88 bits per heavy atom. The minimum atomic E-state index is -0.740. The molecule has 0 aliphatic carbocycles. The SMILES string of the molecule is CNCC(O)c1ccc(O)c(OC(=O)CN)c1. The Bertz CT molecular complexity index is 395. The Morgan fingerprint density at radius 1 is 1.59 bits per heavy atom. The summed E-state index contributed by atoms with van der Waals surface area (Å²) in [4.78, 5) is 11.0. The standard InChI is InChI=1S/C11H16N2O4/c1-13-6-9(15)7-2-3-8(14)10(4-7)17-11(16)5-12/h2-4,9,13-15H,5-6,12H2,1H3. The number of nitrogens with two attached hydrogens (primary N) is 1. The van der Waals surface area contributed by atoms with Crippen molar-refractivity contribution in [3.63, 3.8) is 0 Å². The van der Waals surface area contributed by atoms with Crippen LogP contribution >= 0.6 is 0 Å². The van der Waals surface area contributed by atoms with Crippen LogP contribution in [0.4, 0.5) is 0 Å². The van der Waals surface area contributed by atoms with Gasteiger partial charge in [-0.25, -0.2) is 0 Å². The molecule has 0 heterocycles. The number of carbonyl (C=O) groups is 1. The normalized spacial score (nSPS) is 12.2. The maximum absolute atomic E-state index is 11.0. The molecule has 17 heavy (non-hydrogen) atoms. The van der Waals surface area contributed by atoms with Crippen LogP contribution in [0.1, 0.15) is 11.7 Å². The van der Waals surface area contributed by atoms with Gasteiger partial charge in [0.1, 0.15) is 0 Å². The van der Waals surface area contributed by atoms with Crippen molar-refractivity contribution < 1.29 is 19.7 Å². The summed E-state index contributed by atoms with van der Waals surface area (Å²) in [6.45, 7) is 0.0811. The van der Waals surface area contributed by atoms with Crippen LogP contribution < -0.4 is 15.8 Å². The quantitative estimate of drug-likeness (QED) is 0.409. The monoisotopic (exact) mass is 240 g/mol. The van der Waals surface area contributed by atoms with E-state index in [9.17, 15) is 15.0 Å². The number of likely N-dealkylation sites (N-methyl/N-ethyl adjacent to an activating group) is 1. The largest absolute Gasteiger partial charge is 0.504 e. The maximum atomic E-state index is 11.0. The fourth-order valence-electron chi connectivity index (χ4n) is 1.30. The zero-order valence-corrected chi connectivity index (χ0v) is 9.51. The molecule has 0 bridgehead atoms. The van der Waals surface area contributed by atoms with Gasteiger partial charge in [-0.15, -0.1) is 0 Å². The lowest BCUT2D eigenvalue weighted by Gasteiger charge is -2.12. The summed E-state index contributed by atoms with van der Waals surface area (Å²) in [6.07, 6.45) is -0.740. The van der Waals surface area contributed by atoms with E-state index in [-0.39, 0.29) is 18.0 Å². The molecule has 0 aliphatic heterocycles. The molecule has 0 amide bonds. The molecule has 0 aromatic heterocycles. The zero-order chi connectivity index (χ0) is 12.8. The van der Waals surface area contributed by atoms with Gasteiger partial charge in [-0.1, -0.05) is 6.07 Å². The van der Waals surface area contributed by atoms with Gasteiger partial charge in [0.2, 0.25) is 0 Å². The number of hydrogen-bond acceptors (Lipinski definition) is 6. The number of esters is 1. The molecule has 0 spiro atoms. The molecule has 0 saturated carbocycles. The second-order valence-electron chi connectivity index (χ2n) is 3.48. The number of aliphatic hydroxyl groups excluding tert-OH is 1. The van der Waals surface area contributed by atoms with E-state index >= 15 is 0 Å². The summed E-state index contributed by atoms with van der Waals surface area (Å²) < 4.78 is 4.82. The number of phenols is 1. The maximum Gasteiger partial charge on any atom is 0.325 e. The number of aromatic hydroxyl groups is 1. The van der Waals surface area contributed by atoms with E-state index in [4.69, 9.17) is 10.5 Å². The van der Waals surface area contributed by atoms with Crippen LogP contribution in [0.2, 0.25) is 0 Å². The van der Waals surface area contributed by atoms with Crippen LogP contribution in [0, 0.1) is 0 Å². The van der Waals surface area contributed by atoms with E-state index in [1.807, 2.05) is 0 Å². The fraction of sp³-hybridized carbons (Fsp3) is 0.364. The van der Waals surface area contributed by atoms with Gasteiger partial charge in [0.25, 0.3) is 0 Å². The average Bonchev–Trinajstić information content (AvgIpc) is 2.32. The van der Waals surface area contributed by atoms with Crippen LogP contribution in [-0.4, -0.2) is 36.3 Å². The summed E-state index contributed by atoms with van der Waals surface area (Å²) in [7, 11) is 1.71. The summed E-state index contributed by atoms with van der Waals surface area (Å²) in [5.74, 6) is -0.833. The van der Waals surface area contributed by atoms with Gasteiger partial charge >= 0.3 is 5.97 Å². The first-order valence-electron chi connectivity index (χ1n) is 5.14. The Morgan fingerprint density at radius 2 is 2.29 bits per heavy atom. The summed E-state index contributed by atoms with van der Waals surface area (Å²) in [6, 6.07) is 4.31. The van der Waals surface area contributed by atoms with Gasteiger partial charge in [-0.2, -0.15) is 0 Å². The highest BCUT2D eigenvalue weighted by Gasteiger charge is 2.12. The van der Waals surface area contributed by atoms with Gasteiger partial charge in [0.05, 0.1) is 12.6 Å². The third kappa shape index (κ3) is 3.70. The second-order valence-corrected chi connectivity index (χ2v) is 3.48. The molecule has 1 rings (SSSR count). The number of rotatable bonds is 5. The van der Waals surface area contributed by atoms with Crippen molar-refractivity contribution in [1.29, 1.82) is 0 Å². The fourth-order valence-corrected chi connectivity index (χ4v) is 1.30. The van der Waals surface area contributed by atoms with Crippen molar-refractivity contribution in [2.75, 3.05) is 20.1 Å². The summed E-state index contributed by atoms with van der Waals surface area (Å²) >= 11 is 0. The molecule has 0 radical (unpaired) electrons. The van der Waals surface area contributed by atoms with Gasteiger partial charge < -0.3 is 26.0 Å². The third-order valence-electron chi connectivity index (χ3n) is 2.16. The topological polar surface area (TPSA) is 105 Å². The molecule has 94 valence electrons. The minimum absolute atomic E-state index is 0.00639. The summed E-state index contributed by atoms with van der Waals surface area (Å²) in [5, 5.41) is 22.0. The number of aliphatic hydroxyl groups is 1. The number of ether oxygens (including phenoxy) is 1. The van der Waals surface area contributed by atoms with Crippen molar-refractivity contribution >= 4 is 5.97 Å². The molecular formula is C11H16N2O4. The Hall–Kier alpha value is -1.63. The van der Waals surface area contributed by atoms with Crippen LogP contribution in [0.25, 0.3) is 0 Å². The Labute approximate surface area is 99.0 Å². The highest BCUT2D eigenvalue weighted by atomic mass is 16.5. The van der Waals surface area contributed by atoms with Crippen molar-refractivity contribution in [2.24, 2.45) is 5.73 Å². The highest BCUT2D eigenvalue weighted by Crippen LogP contribution is 2.29. The first-order valence-corrected chi connectivity index (χ1v) is 5.14. The van der Waals surface area contributed by atoms with Crippen molar-refractivity contribution in [1.82, 2.24) is 5.32 Å². The molecule has 0 saturated heterocycles. The van der Waals surface area contributed by atoms with Gasteiger partial charge in [-0.05, 0) is 24.7 Å². The molecule has 1 unspecified atom stereocenters. The second kappa shape index (κ2) is 6.19. The third-order valence-corrected chi connectivity index (χ3v) is 2.16. The first-order chi connectivity index (χ1) is 8.08. The van der Waals surface area contributed by atoms with Gasteiger partial charge in [0, 0.05) is 6.54 Å². The smallest absolute Gasteiger partial charge is 0.325 e. The van der Waals surface area contributed by atoms with E-state index in [1.165, 1.54) is 12.1 Å². The van der Waals surface area contributed by atoms with Gasteiger partial charge in [-0.3, -0.25) is 4.79 Å². The highest BCUT2D eigenvalue weighted by molar-refractivity contribution is 5.75. The molecule has 6 nitrogen and oxygen atoms in total. The number of benzene rings is 1. The van der Waals surface area contributed by atoms with Crippen molar-refractivity contribution in [2.45, 2.75) is 6.10 Å². The Balaban J connectivity index is 2.89. The van der Waals surface area contributed by atoms with Gasteiger partial charge in [0.15, 0.2) is 11.5 Å². The van der Waals surface area contributed by atoms with Crippen LogP contribution in [0.15, 0.2) is 18.2 Å². The minimum Gasteiger partial charge on any atom is -0.504 e. The van der Waals surface area contributed by atoms with Crippen LogP contribution in [0.5, 0.6) is 11.5 Å². The number of hydrogen-bond donors (Lipinski definition) is 4. The van der Waals surface area contributed by atoms with E-state index in [2.05, 4.69) is 5.32 Å². The lowest BCUT2D eigenvalue weighted by atomic mass is 10.1. The van der Waals surface area contributed by atoms with E-state index in [0.29, 0.717) is 12.1 Å². The molecule has 5 N–H and O–H groups in total. The molecule has 6 heteroatoms. The predicted molar refractivity (Wildman–Crippen MR) is 61.7 cm³/mol. The van der Waals surface area contributed by atoms with Crippen LogP contribution in [-0.2, 0) is 4.79 Å². The molecule has 0 fully saturated rings. The molecule has 1 aromatic carbocycles. The Kier molecular flexibility index (Phi) is 4.89. The molecule has 1 aromatic rings. The number of phenolic OH excluding ortho intramolecular Hbond substituents is 1. The first kappa shape index (κ1) is 13.4. The van der Waals surface area contributed by atoms with E-state index in [1.54, 1.807) is 13.1 Å². The van der Waals surface area contributed by atoms with Crippen molar-refractivity contribution in [3.8, 4) is 11.5 Å². The van der Waals surface area contributed by atoms with Crippen LogP contribution in [0.3, 0.4) is 0 Å². The average molecular weight is 240 g/mol. The number of nitrogens with one attached hydrogen (secondary N) is 1. The van der Waals surface area contributed by atoms with Crippen molar-refractivity contribution in [3.05, 3.63) is 23.8 Å². The van der Waals surface area contributed by atoms with E-state index < -0.39 is 12.1 Å². The lowest BCUT2D eigenvalue weighted by Crippen LogP contribution is -2.20. The zero-order valence-electron chi connectivity index (χ0n) is 9.51. The lowest BCUT2D eigenvalue weighted by molar-refractivity contribution is -0.132.